The molecule has 1 amide bonds. The first-order valence-corrected chi connectivity index (χ1v) is 14.3. The van der Waals surface area contributed by atoms with Crippen LogP contribution in [0.4, 0.5) is 0 Å². The van der Waals surface area contributed by atoms with Gasteiger partial charge in [0.25, 0.3) is 0 Å². The maximum atomic E-state index is 14.4. The van der Waals surface area contributed by atoms with Crippen LogP contribution in [0.5, 0.6) is 0 Å². The van der Waals surface area contributed by atoms with Gasteiger partial charge in [0.2, 0.25) is 5.91 Å². The van der Waals surface area contributed by atoms with Crippen molar-refractivity contribution >= 4 is 28.4 Å². The molecule has 3 N–H and O–H groups in total. The summed E-state index contributed by atoms with van der Waals surface area (Å²) < 4.78 is 6.11. The summed E-state index contributed by atoms with van der Waals surface area (Å²) in [7, 11) is 1.64. The molecule has 0 radical (unpaired) electrons. The number of nitrogens with one attached hydrogen (secondary N) is 2. The summed E-state index contributed by atoms with van der Waals surface area (Å²) in [5.74, 6) is -1.76. The minimum absolute atomic E-state index is 0.0205. The molecule has 2 aromatic rings. The first-order chi connectivity index (χ1) is 19.1. The monoisotopic (exact) mass is 544 g/mol. The second-order valence-corrected chi connectivity index (χ2v) is 11.9. The average molecular weight is 545 g/mol. The number of aromatic nitrogens is 1. The lowest BCUT2D eigenvalue weighted by Crippen LogP contribution is -2.52. The summed E-state index contributed by atoms with van der Waals surface area (Å²) in [6.45, 7) is 7.87. The van der Waals surface area contributed by atoms with Gasteiger partial charge in [0.15, 0.2) is 5.78 Å². The highest BCUT2D eigenvalue weighted by Crippen LogP contribution is 2.56. The first-order valence-electron chi connectivity index (χ1n) is 14.3. The SMILES string of the molecule is CO[C@@H](c1c[nH]c2ccccc12)[C@@H]1NC(=O)[C@@]23C(=O)CC[C@H](O)C(=O)/C(C)=C\[C@@H](C)C/C=C\[C@H]2C=C(C)[C@@H](C)[C@@H]13. The highest BCUT2D eigenvalue weighted by atomic mass is 16.5. The number of allylic oxidation sites excluding steroid dienone is 5. The molecule has 1 saturated heterocycles. The summed E-state index contributed by atoms with van der Waals surface area (Å²) >= 11 is 0. The third-order valence-electron chi connectivity index (χ3n) is 9.50. The van der Waals surface area contributed by atoms with Gasteiger partial charge < -0.3 is 20.1 Å². The van der Waals surface area contributed by atoms with Crippen LogP contribution in [0.3, 0.4) is 0 Å². The Morgan fingerprint density at radius 3 is 2.60 bits per heavy atom. The van der Waals surface area contributed by atoms with Crippen molar-refractivity contribution in [2.75, 3.05) is 7.11 Å². The van der Waals surface area contributed by atoms with Gasteiger partial charge in [-0.3, -0.25) is 14.4 Å². The van der Waals surface area contributed by atoms with Gasteiger partial charge in [0.05, 0.1) is 6.04 Å². The van der Waals surface area contributed by atoms with Gasteiger partial charge in [-0.2, -0.15) is 0 Å². The van der Waals surface area contributed by atoms with E-state index in [1.165, 1.54) is 0 Å². The molecule has 1 spiro atoms. The maximum absolute atomic E-state index is 14.4. The van der Waals surface area contributed by atoms with Crippen molar-refractivity contribution in [2.45, 2.75) is 65.2 Å². The van der Waals surface area contributed by atoms with Gasteiger partial charge in [0, 0.05) is 48.0 Å². The van der Waals surface area contributed by atoms with Gasteiger partial charge in [-0.25, -0.2) is 0 Å². The number of aromatic amines is 1. The summed E-state index contributed by atoms with van der Waals surface area (Å²) in [4.78, 5) is 44.7. The molecule has 2 aliphatic carbocycles. The molecule has 0 bridgehead atoms. The number of amides is 1. The predicted octanol–water partition coefficient (Wildman–Crippen LogP) is 4.99. The largest absolute Gasteiger partial charge is 0.385 e. The Bertz CT molecular complexity index is 1420. The molecule has 1 aliphatic heterocycles. The number of ether oxygens (including phenoxy) is 1. The summed E-state index contributed by atoms with van der Waals surface area (Å²) in [5.41, 5.74) is 2.16. The van der Waals surface area contributed by atoms with Crippen molar-refractivity contribution in [1.82, 2.24) is 10.3 Å². The number of H-pyrrole nitrogens is 1. The predicted molar refractivity (Wildman–Crippen MR) is 154 cm³/mol. The Balaban J connectivity index is 1.63. The minimum atomic E-state index is -1.37. The number of benzene rings is 1. The maximum Gasteiger partial charge on any atom is 0.235 e. The van der Waals surface area contributed by atoms with Crippen LogP contribution in [0.2, 0.25) is 0 Å². The van der Waals surface area contributed by atoms with E-state index in [9.17, 15) is 19.5 Å². The summed E-state index contributed by atoms with van der Waals surface area (Å²) in [6, 6.07) is 7.51. The Morgan fingerprint density at radius 1 is 1.10 bits per heavy atom. The molecule has 5 rings (SSSR count). The van der Waals surface area contributed by atoms with E-state index in [-0.39, 0.29) is 48.1 Å². The van der Waals surface area contributed by atoms with Gasteiger partial charge in [-0.1, -0.05) is 61.9 Å². The number of methoxy groups -OCH3 is 1. The normalized spacial score (nSPS) is 36.2. The summed E-state index contributed by atoms with van der Waals surface area (Å²) in [5, 5.41) is 14.9. The van der Waals surface area contributed by atoms with Crippen LogP contribution in [0.15, 0.2) is 65.9 Å². The fraction of sp³-hybridized carbons (Fsp3) is 0.485. The number of aliphatic hydroxyl groups is 1. The zero-order chi connectivity index (χ0) is 28.8. The summed E-state index contributed by atoms with van der Waals surface area (Å²) in [6.07, 6.45) is 8.69. The number of fused-ring (bicyclic) bond motifs is 1. The molecule has 3 aliphatic rings. The molecule has 8 atom stereocenters. The lowest BCUT2D eigenvalue weighted by Gasteiger charge is -2.45. The molecule has 1 aromatic heterocycles. The van der Waals surface area contributed by atoms with E-state index in [0.717, 1.165) is 22.0 Å². The van der Waals surface area contributed by atoms with Crippen LogP contribution in [0, 0.1) is 29.1 Å². The zero-order valence-electron chi connectivity index (χ0n) is 23.9. The van der Waals surface area contributed by atoms with Crippen LogP contribution < -0.4 is 5.32 Å². The fourth-order valence-corrected chi connectivity index (χ4v) is 7.38. The Morgan fingerprint density at radius 2 is 1.85 bits per heavy atom. The molecule has 1 fully saturated rings. The Labute approximate surface area is 235 Å². The number of Topliss-reactive ketones (excluding diaryl/α,β-unsaturated/α-hetero) is 2. The van der Waals surface area contributed by atoms with E-state index in [0.29, 0.717) is 12.0 Å². The quantitative estimate of drug-likeness (QED) is 0.373. The number of hydrogen-bond acceptors (Lipinski definition) is 5. The van der Waals surface area contributed by atoms with Crippen LogP contribution in [-0.2, 0) is 19.1 Å². The molecule has 0 saturated carbocycles. The lowest BCUT2D eigenvalue weighted by atomic mass is 9.54. The average Bonchev–Trinajstić information content (AvgIpc) is 3.49. The zero-order valence-corrected chi connectivity index (χ0v) is 23.9. The van der Waals surface area contributed by atoms with Crippen LogP contribution >= 0.6 is 0 Å². The van der Waals surface area contributed by atoms with Gasteiger partial charge in [-0.05, 0) is 50.2 Å². The van der Waals surface area contributed by atoms with E-state index in [4.69, 9.17) is 4.74 Å². The molecular weight excluding hydrogens is 504 g/mol. The highest BCUT2D eigenvalue weighted by Gasteiger charge is 2.66. The minimum Gasteiger partial charge on any atom is -0.385 e. The van der Waals surface area contributed by atoms with Crippen molar-refractivity contribution in [1.29, 1.82) is 0 Å². The van der Waals surface area contributed by atoms with Gasteiger partial charge in [0.1, 0.15) is 23.4 Å². The number of para-hydroxylation sites is 1. The van der Waals surface area contributed by atoms with Gasteiger partial charge >= 0.3 is 0 Å². The molecule has 40 heavy (non-hydrogen) atoms. The molecule has 0 unspecified atom stereocenters. The molecule has 7 nitrogen and oxygen atoms in total. The van der Waals surface area contributed by atoms with E-state index >= 15 is 0 Å². The third kappa shape index (κ3) is 4.49. The van der Waals surface area contributed by atoms with E-state index in [1.807, 2.05) is 55.6 Å². The van der Waals surface area contributed by atoms with Crippen molar-refractivity contribution in [3.8, 4) is 0 Å². The number of aliphatic hydroxyl groups excluding tert-OH is 1. The van der Waals surface area contributed by atoms with Gasteiger partial charge in [-0.15, -0.1) is 0 Å². The number of carbonyl (C=O) groups is 3. The van der Waals surface area contributed by atoms with E-state index in [1.54, 1.807) is 14.0 Å². The lowest BCUT2D eigenvalue weighted by molar-refractivity contribution is -0.145. The number of hydrogen-bond donors (Lipinski definition) is 3. The van der Waals surface area contributed by atoms with Crippen LogP contribution in [-0.4, -0.2) is 46.8 Å². The van der Waals surface area contributed by atoms with Crippen LogP contribution in [0.25, 0.3) is 10.9 Å². The van der Waals surface area contributed by atoms with E-state index in [2.05, 4.69) is 30.2 Å². The molecule has 7 heteroatoms. The second kappa shape index (κ2) is 10.9. The smallest absolute Gasteiger partial charge is 0.235 e. The topological polar surface area (TPSA) is 108 Å². The third-order valence-corrected chi connectivity index (χ3v) is 9.50. The van der Waals surface area contributed by atoms with Crippen molar-refractivity contribution < 1.29 is 24.2 Å². The Hall–Kier alpha value is -3.29. The molecule has 212 valence electrons. The standard InChI is InChI=1S/C33H40N2O5/c1-18-9-8-10-22-16-19(2)21(4)28-29(31(40-5)24-17-34-25-12-7-6-11-23(24)25)35-32(39)33(22,28)27(37)14-13-26(36)30(38)20(3)15-18/h6-8,10-12,15-18,21-22,26,28-29,31,34,36H,9,13-14H2,1-5H3,(H,35,39)/b10-8-,20-15-/t18-,21+,22-,26-,28-,29+,31-,33+/m0/s1. The number of ketones is 2. The fourth-order valence-electron chi connectivity index (χ4n) is 7.38. The highest BCUT2D eigenvalue weighted by molar-refractivity contribution is 6.10. The number of rotatable bonds is 3. The van der Waals surface area contributed by atoms with Crippen LogP contribution in [0.1, 0.15) is 58.6 Å². The van der Waals surface area contributed by atoms with Crippen molar-refractivity contribution in [2.24, 2.45) is 29.1 Å². The Kier molecular flexibility index (Phi) is 7.73. The molecule has 2 heterocycles. The molecular formula is C33H40N2O5. The van der Waals surface area contributed by atoms with Crippen molar-refractivity contribution in [3.05, 3.63) is 71.5 Å². The van der Waals surface area contributed by atoms with Crippen molar-refractivity contribution in [3.63, 3.8) is 0 Å². The second-order valence-electron chi connectivity index (χ2n) is 11.9. The number of carbonyl (C=O) groups excluding carboxylic acids is 3. The van der Waals surface area contributed by atoms with E-state index < -0.39 is 29.6 Å². The first kappa shape index (κ1) is 28.2. The molecule has 1 aromatic carbocycles.